The van der Waals surface area contributed by atoms with E-state index in [1.165, 1.54) is 0 Å². The standard InChI is InChI=1S/C12H18N2O4S2/c13-9-10-2-1-3-11(8-10)14-20(17,18)12-4-6-19(15,16)7-5-12/h1-3,8,12,14H,4-7,9,13H2. The number of sulfone groups is 1. The van der Waals surface area contributed by atoms with E-state index in [-0.39, 0.29) is 24.3 Å². The van der Waals surface area contributed by atoms with Crippen molar-refractivity contribution in [1.82, 2.24) is 0 Å². The summed E-state index contributed by atoms with van der Waals surface area (Å²) < 4.78 is 49.6. The van der Waals surface area contributed by atoms with Gasteiger partial charge in [0.15, 0.2) is 0 Å². The van der Waals surface area contributed by atoms with Crippen LogP contribution in [0.1, 0.15) is 18.4 Å². The zero-order valence-electron chi connectivity index (χ0n) is 10.9. The van der Waals surface area contributed by atoms with Crippen molar-refractivity contribution in [2.75, 3.05) is 16.2 Å². The summed E-state index contributed by atoms with van der Waals surface area (Å²) >= 11 is 0. The molecule has 1 heterocycles. The van der Waals surface area contributed by atoms with Crippen LogP contribution in [0.3, 0.4) is 0 Å². The molecule has 1 aromatic carbocycles. The van der Waals surface area contributed by atoms with Gasteiger partial charge < -0.3 is 5.73 Å². The number of nitrogens with two attached hydrogens (primary N) is 1. The zero-order chi connectivity index (χ0) is 14.8. The Bertz CT molecular complexity index is 669. The van der Waals surface area contributed by atoms with E-state index in [1.54, 1.807) is 18.2 Å². The summed E-state index contributed by atoms with van der Waals surface area (Å²) in [5, 5.41) is -0.660. The van der Waals surface area contributed by atoms with Crippen LogP contribution in [-0.2, 0) is 26.4 Å². The van der Waals surface area contributed by atoms with Crippen molar-refractivity contribution in [3.8, 4) is 0 Å². The smallest absolute Gasteiger partial charge is 0.235 e. The van der Waals surface area contributed by atoms with Gasteiger partial charge >= 0.3 is 0 Å². The molecule has 0 spiro atoms. The predicted octanol–water partition coefficient (Wildman–Crippen LogP) is 0.464. The van der Waals surface area contributed by atoms with E-state index in [0.29, 0.717) is 12.2 Å². The van der Waals surface area contributed by atoms with Crippen LogP contribution in [0.4, 0.5) is 5.69 Å². The van der Waals surface area contributed by atoms with Crippen molar-refractivity contribution in [2.45, 2.75) is 24.6 Å². The lowest BCUT2D eigenvalue weighted by atomic mass is 10.2. The molecule has 0 saturated carbocycles. The second-order valence-corrected chi connectivity index (χ2v) is 9.17. The Balaban J connectivity index is 2.11. The van der Waals surface area contributed by atoms with Crippen molar-refractivity contribution in [2.24, 2.45) is 5.73 Å². The summed E-state index contributed by atoms with van der Waals surface area (Å²) in [6.45, 7) is 0.331. The van der Waals surface area contributed by atoms with Crippen LogP contribution in [0.25, 0.3) is 0 Å². The molecule has 0 aromatic heterocycles. The fourth-order valence-corrected chi connectivity index (χ4v) is 5.46. The summed E-state index contributed by atoms with van der Waals surface area (Å²) in [6, 6.07) is 6.86. The zero-order valence-corrected chi connectivity index (χ0v) is 12.6. The molecule has 3 N–H and O–H groups in total. The highest BCUT2D eigenvalue weighted by Gasteiger charge is 2.32. The molecule has 0 bridgehead atoms. The summed E-state index contributed by atoms with van der Waals surface area (Å²) in [6.07, 6.45) is 0.294. The quantitative estimate of drug-likeness (QED) is 0.839. The first kappa shape index (κ1) is 15.3. The highest BCUT2D eigenvalue weighted by Crippen LogP contribution is 2.22. The largest absolute Gasteiger partial charge is 0.326 e. The molecule has 1 aromatic rings. The van der Waals surface area contributed by atoms with E-state index in [9.17, 15) is 16.8 Å². The second-order valence-electron chi connectivity index (χ2n) is 4.90. The summed E-state index contributed by atoms with van der Waals surface area (Å²) in [5.74, 6) is -0.136. The van der Waals surface area contributed by atoms with Gasteiger partial charge in [0, 0.05) is 12.2 Å². The predicted molar refractivity (Wildman–Crippen MR) is 78.6 cm³/mol. The molecular formula is C12H18N2O4S2. The summed E-state index contributed by atoms with van der Waals surface area (Å²) in [5.41, 5.74) is 6.80. The van der Waals surface area contributed by atoms with Gasteiger partial charge in [-0.05, 0) is 30.5 Å². The van der Waals surface area contributed by atoms with Gasteiger partial charge in [-0.3, -0.25) is 4.72 Å². The first-order chi connectivity index (χ1) is 9.32. The van der Waals surface area contributed by atoms with Crippen LogP contribution >= 0.6 is 0 Å². The Morgan fingerprint density at radius 1 is 1.25 bits per heavy atom. The van der Waals surface area contributed by atoms with Crippen molar-refractivity contribution in [1.29, 1.82) is 0 Å². The van der Waals surface area contributed by atoms with E-state index in [4.69, 9.17) is 5.73 Å². The molecule has 0 aliphatic carbocycles. The maximum atomic E-state index is 12.2. The number of rotatable bonds is 4. The fraction of sp³-hybridized carbons (Fsp3) is 0.500. The summed E-state index contributed by atoms with van der Waals surface area (Å²) in [7, 11) is -6.64. The first-order valence-electron chi connectivity index (χ1n) is 6.33. The molecule has 1 saturated heterocycles. The Hall–Kier alpha value is -1.12. The molecular weight excluding hydrogens is 300 g/mol. The Labute approximate surface area is 119 Å². The van der Waals surface area contributed by atoms with E-state index in [0.717, 1.165) is 5.56 Å². The first-order valence-corrected chi connectivity index (χ1v) is 9.70. The number of benzene rings is 1. The van der Waals surface area contributed by atoms with Crippen molar-refractivity contribution in [3.63, 3.8) is 0 Å². The van der Waals surface area contributed by atoms with Gasteiger partial charge in [-0.25, -0.2) is 16.8 Å². The van der Waals surface area contributed by atoms with Gasteiger partial charge in [-0.1, -0.05) is 12.1 Å². The Kier molecular flexibility index (Phi) is 4.36. The lowest BCUT2D eigenvalue weighted by Crippen LogP contribution is -2.36. The number of nitrogens with one attached hydrogen (secondary N) is 1. The molecule has 0 radical (unpaired) electrons. The van der Waals surface area contributed by atoms with Crippen LogP contribution in [0.15, 0.2) is 24.3 Å². The van der Waals surface area contributed by atoms with E-state index in [1.807, 2.05) is 6.07 Å². The van der Waals surface area contributed by atoms with Crippen LogP contribution in [0, 0.1) is 0 Å². The van der Waals surface area contributed by atoms with E-state index >= 15 is 0 Å². The van der Waals surface area contributed by atoms with Crippen LogP contribution in [-0.4, -0.2) is 33.6 Å². The minimum atomic E-state index is -3.57. The third-order valence-corrected chi connectivity index (χ3v) is 6.95. The molecule has 1 aliphatic rings. The van der Waals surface area contributed by atoms with Gasteiger partial charge in [0.05, 0.1) is 16.8 Å². The summed E-state index contributed by atoms with van der Waals surface area (Å²) in [4.78, 5) is 0. The van der Waals surface area contributed by atoms with Crippen molar-refractivity contribution >= 4 is 25.5 Å². The van der Waals surface area contributed by atoms with Crippen molar-refractivity contribution in [3.05, 3.63) is 29.8 Å². The van der Waals surface area contributed by atoms with E-state index in [2.05, 4.69) is 4.72 Å². The normalized spacial score (nSPS) is 19.6. The fourth-order valence-electron chi connectivity index (χ4n) is 2.19. The molecule has 112 valence electrons. The molecule has 0 atom stereocenters. The Morgan fingerprint density at radius 2 is 1.90 bits per heavy atom. The molecule has 20 heavy (non-hydrogen) atoms. The number of sulfonamides is 1. The topological polar surface area (TPSA) is 106 Å². The molecule has 2 rings (SSSR count). The van der Waals surface area contributed by atoms with Gasteiger partial charge in [-0.2, -0.15) is 0 Å². The monoisotopic (exact) mass is 318 g/mol. The average Bonchev–Trinajstić information content (AvgIpc) is 2.38. The van der Waals surface area contributed by atoms with Gasteiger partial charge in [0.1, 0.15) is 9.84 Å². The third-order valence-electron chi connectivity index (χ3n) is 3.36. The molecule has 6 nitrogen and oxygen atoms in total. The lowest BCUT2D eigenvalue weighted by molar-refractivity contribution is 0.555. The van der Waals surface area contributed by atoms with Crippen LogP contribution in [0.2, 0.25) is 0 Å². The molecule has 1 fully saturated rings. The Morgan fingerprint density at radius 3 is 2.50 bits per heavy atom. The molecule has 0 amide bonds. The number of hydrogen-bond donors (Lipinski definition) is 2. The van der Waals surface area contributed by atoms with Crippen LogP contribution in [0.5, 0.6) is 0 Å². The van der Waals surface area contributed by atoms with Crippen molar-refractivity contribution < 1.29 is 16.8 Å². The maximum Gasteiger partial charge on any atom is 0.235 e. The average molecular weight is 318 g/mol. The minimum absolute atomic E-state index is 0.0680. The molecule has 0 unspecified atom stereocenters. The second kappa shape index (κ2) is 5.71. The molecule has 8 heteroatoms. The lowest BCUT2D eigenvalue weighted by Gasteiger charge is -2.22. The number of anilines is 1. The molecule has 1 aliphatic heterocycles. The number of hydrogen-bond acceptors (Lipinski definition) is 5. The highest BCUT2D eigenvalue weighted by molar-refractivity contribution is 7.94. The van der Waals surface area contributed by atoms with Crippen LogP contribution < -0.4 is 10.5 Å². The van der Waals surface area contributed by atoms with Gasteiger partial charge in [-0.15, -0.1) is 0 Å². The third kappa shape index (κ3) is 3.71. The minimum Gasteiger partial charge on any atom is -0.326 e. The SMILES string of the molecule is NCc1cccc(NS(=O)(=O)C2CCS(=O)(=O)CC2)c1. The highest BCUT2D eigenvalue weighted by atomic mass is 32.2. The van der Waals surface area contributed by atoms with E-state index < -0.39 is 25.1 Å². The van der Waals surface area contributed by atoms with Gasteiger partial charge in [0.25, 0.3) is 0 Å². The van der Waals surface area contributed by atoms with Gasteiger partial charge in [0.2, 0.25) is 10.0 Å². The maximum absolute atomic E-state index is 12.2.